The predicted octanol–water partition coefficient (Wildman–Crippen LogP) is 1.33. The van der Waals surface area contributed by atoms with E-state index in [2.05, 4.69) is 10.4 Å². The van der Waals surface area contributed by atoms with Crippen LogP contribution < -0.4 is 5.32 Å². The second kappa shape index (κ2) is 5.21. The molecule has 17 heavy (non-hydrogen) atoms. The molecule has 0 aliphatic heterocycles. The molecule has 0 radical (unpaired) electrons. The van der Waals surface area contributed by atoms with Crippen LogP contribution in [0.1, 0.15) is 26.7 Å². The third-order valence-corrected chi connectivity index (χ3v) is 3.03. The van der Waals surface area contributed by atoms with E-state index in [-0.39, 0.29) is 5.91 Å². The summed E-state index contributed by atoms with van der Waals surface area (Å²) in [4.78, 5) is 13.9. The molecule has 0 unspecified atom stereocenters. The molecule has 0 bridgehead atoms. The van der Waals surface area contributed by atoms with Crippen LogP contribution in [-0.4, -0.2) is 39.7 Å². The standard InChI is InChI=1S/C12H20N4O/c1-3-15-8-7-11(14-15)13-9-12(17)16(4-2)10-5-6-10/h7-8,10H,3-6,9H2,1-2H3,(H,13,14). The summed E-state index contributed by atoms with van der Waals surface area (Å²) in [6, 6.07) is 2.38. The van der Waals surface area contributed by atoms with Crippen LogP contribution in [0.25, 0.3) is 0 Å². The van der Waals surface area contributed by atoms with Gasteiger partial charge in [0.25, 0.3) is 0 Å². The number of nitrogens with zero attached hydrogens (tertiary/aromatic N) is 3. The van der Waals surface area contributed by atoms with Crippen molar-refractivity contribution in [2.24, 2.45) is 0 Å². The molecule has 5 heteroatoms. The van der Waals surface area contributed by atoms with Gasteiger partial charge in [0.1, 0.15) is 5.82 Å². The van der Waals surface area contributed by atoms with E-state index in [0.717, 1.165) is 31.7 Å². The number of hydrogen-bond acceptors (Lipinski definition) is 3. The van der Waals surface area contributed by atoms with E-state index < -0.39 is 0 Å². The van der Waals surface area contributed by atoms with Crippen LogP contribution in [0.2, 0.25) is 0 Å². The number of nitrogens with one attached hydrogen (secondary N) is 1. The van der Waals surface area contributed by atoms with E-state index in [1.807, 2.05) is 35.7 Å². The zero-order chi connectivity index (χ0) is 12.3. The molecule has 0 aromatic carbocycles. The van der Waals surface area contributed by atoms with Crippen LogP contribution >= 0.6 is 0 Å². The highest BCUT2D eigenvalue weighted by atomic mass is 16.2. The fraction of sp³-hybridized carbons (Fsp3) is 0.667. The molecule has 1 aliphatic carbocycles. The summed E-state index contributed by atoms with van der Waals surface area (Å²) >= 11 is 0. The number of hydrogen-bond donors (Lipinski definition) is 1. The lowest BCUT2D eigenvalue weighted by molar-refractivity contribution is -0.129. The van der Waals surface area contributed by atoms with Crippen molar-refractivity contribution >= 4 is 11.7 Å². The van der Waals surface area contributed by atoms with E-state index in [1.54, 1.807) is 0 Å². The van der Waals surface area contributed by atoms with E-state index in [4.69, 9.17) is 0 Å². The maximum atomic E-state index is 11.9. The summed E-state index contributed by atoms with van der Waals surface area (Å²) in [6.45, 7) is 6.05. The molecule has 0 spiro atoms. The van der Waals surface area contributed by atoms with Gasteiger partial charge in [0, 0.05) is 31.4 Å². The molecular formula is C12H20N4O. The monoisotopic (exact) mass is 236 g/mol. The first-order valence-electron chi connectivity index (χ1n) is 6.31. The Morgan fingerprint density at radius 1 is 1.59 bits per heavy atom. The van der Waals surface area contributed by atoms with Crippen molar-refractivity contribution in [3.05, 3.63) is 12.3 Å². The van der Waals surface area contributed by atoms with Gasteiger partial charge < -0.3 is 10.2 Å². The maximum absolute atomic E-state index is 11.9. The van der Waals surface area contributed by atoms with Gasteiger partial charge in [0.2, 0.25) is 5.91 Å². The normalized spacial score (nSPS) is 14.7. The molecule has 1 saturated carbocycles. The molecule has 0 saturated heterocycles. The second-order valence-electron chi connectivity index (χ2n) is 4.32. The maximum Gasteiger partial charge on any atom is 0.242 e. The molecule has 1 amide bonds. The van der Waals surface area contributed by atoms with E-state index in [9.17, 15) is 4.79 Å². The number of likely N-dealkylation sites (N-methyl/N-ethyl adjacent to an activating group) is 1. The molecule has 0 atom stereocenters. The number of anilines is 1. The minimum absolute atomic E-state index is 0.168. The Bertz CT molecular complexity index is 384. The van der Waals surface area contributed by atoms with Crippen LogP contribution in [0, 0.1) is 0 Å². The van der Waals surface area contributed by atoms with E-state index in [0.29, 0.717) is 12.6 Å². The van der Waals surface area contributed by atoms with Crippen molar-refractivity contribution in [3.63, 3.8) is 0 Å². The highest BCUT2D eigenvalue weighted by molar-refractivity contribution is 5.81. The molecule has 1 fully saturated rings. The molecule has 2 rings (SSSR count). The topological polar surface area (TPSA) is 50.2 Å². The van der Waals surface area contributed by atoms with Gasteiger partial charge in [-0.3, -0.25) is 9.48 Å². The van der Waals surface area contributed by atoms with Gasteiger partial charge in [0.15, 0.2) is 0 Å². The fourth-order valence-corrected chi connectivity index (χ4v) is 1.92. The van der Waals surface area contributed by atoms with Crippen molar-refractivity contribution in [1.29, 1.82) is 0 Å². The average molecular weight is 236 g/mol. The number of aryl methyl sites for hydroxylation is 1. The first-order valence-corrected chi connectivity index (χ1v) is 6.31. The molecule has 1 N–H and O–H groups in total. The highest BCUT2D eigenvalue weighted by Crippen LogP contribution is 2.26. The summed E-state index contributed by atoms with van der Waals surface area (Å²) < 4.78 is 1.84. The molecule has 94 valence electrons. The minimum atomic E-state index is 0.168. The van der Waals surface area contributed by atoms with E-state index >= 15 is 0 Å². The summed E-state index contributed by atoms with van der Waals surface area (Å²) in [7, 11) is 0. The van der Waals surface area contributed by atoms with Crippen LogP contribution in [-0.2, 0) is 11.3 Å². The summed E-state index contributed by atoms with van der Waals surface area (Å²) in [5.41, 5.74) is 0. The fourth-order valence-electron chi connectivity index (χ4n) is 1.92. The number of rotatable bonds is 6. The summed E-state index contributed by atoms with van der Waals surface area (Å²) in [5.74, 6) is 0.938. The molecule has 1 heterocycles. The number of carbonyl (C=O) groups is 1. The molecule has 5 nitrogen and oxygen atoms in total. The zero-order valence-corrected chi connectivity index (χ0v) is 10.5. The Labute approximate surface area is 102 Å². The SMILES string of the molecule is CCN(C(=O)CNc1ccn(CC)n1)C1CC1. The van der Waals surface area contributed by atoms with Gasteiger partial charge in [-0.2, -0.15) is 5.10 Å². The van der Waals surface area contributed by atoms with Crippen molar-refractivity contribution in [2.45, 2.75) is 39.3 Å². The minimum Gasteiger partial charge on any atom is -0.360 e. The van der Waals surface area contributed by atoms with Crippen LogP contribution in [0.4, 0.5) is 5.82 Å². The Kier molecular flexibility index (Phi) is 3.66. The van der Waals surface area contributed by atoms with Crippen LogP contribution in [0.5, 0.6) is 0 Å². The van der Waals surface area contributed by atoms with E-state index in [1.165, 1.54) is 0 Å². The third-order valence-electron chi connectivity index (χ3n) is 3.03. The number of carbonyl (C=O) groups excluding carboxylic acids is 1. The lowest BCUT2D eigenvalue weighted by Crippen LogP contribution is -2.37. The molecule has 1 aromatic rings. The van der Waals surface area contributed by atoms with Gasteiger partial charge >= 0.3 is 0 Å². The third kappa shape index (κ3) is 2.99. The Balaban J connectivity index is 1.82. The zero-order valence-electron chi connectivity index (χ0n) is 10.5. The van der Waals surface area contributed by atoms with Crippen LogP contribution in [0.3, 0.4) is 0 Å². The average Bonchev–Trinajstić information content (AvgIpc) is 3.06. The van der Waals surface area contributed by atoms with Gasteiger partial charge in [-0.25, -0.2) is 0 Å². The second-order valence-corrected chi connectivity index (χ2v) is 4.32. The van der Waals surface area contributed by atoms with Crippen molar-refractivity contribution in [1.82, 2.24) is 14.7 Å². The molecule has 1 aliphatic rings. The van der Waals surface area contributed by atoms with Crippen molar-refractivity contribution < 1.29 is 4.79 Å². The van der Waals surface area contributed by atoms with Crippen molar-refractivity contribution in [3.8, 4) is 0 Å². The largest absolute Gasteiger partial charge is 0.360 e. The number of aromatic nitrogens is 2. The first-order chi connectivity index (χ1) is 8.24. The predicted molar refractivity (Wildman–Crippen MR) is 66.8 cm³/mol. The van der Waals surface area contributed by atoms with Crippen LogP contribution in [0.15, 0.2) is 12.3 Å². The van der Waals surface area contributed by atoms with Crippen molar-refractivity contribution in [2.75, 3.05) is 18.4 Å². The van der Waals surface area contributed by atoms with Gasteiger partial charge in [-0.15, -0.1) is 0 Å². The van der Waals surface area contributed by atoms with Gasteiger partial charge in [-0.1, -0.05) is 0 Å². The lowest BCUT2D eigenvalue weighted by Gasteiger charge is -2.20. The Hall–Kier alpha value is -1.52. The summed E-state index contributed by atoms with van der Waals surface area (Å²) in [5, 5.41) is 7.35. The van der Waals surface area contributed by atoms with Gasteiger partial charge in [0.05, 0.1) is 6.54 Å². The highest BCUT2D eigenvalue weighted by Gasteiger charge is 2.30. The molecule has 1 aromatic heterocycles. The quantitative estimate of drug-likeness (QED) is 0.810. The van der Waals surface area contributed by atoms with Gasteiger partial charge in [-0.05, 0) is 26.7 Å². The Morgan fingerprint density at radius 2 is 2.35 bits per heavy atom. The smallest absolute Gasteiger partial charge is 0.242 e. The first kappa shape index (κ1) is 12.0. The lowest BCUT2D eigenvalue weighted by atomic mass is 10.4. The molecular weight excluding hydrogens is 216 g/mol. The Morgan fingerprint density at radius 3 is 2.88 bits per heavy atom. The summed E-state index contributed by atoms with van der Waals surface area (Å²) in [6.07, 6.45) is 4.22. The number of amides is 1.